The van der Waals surface area contributed by atoms with Crippen LogP contribution in [0.4, 0.5) is 14.5 Å². The van der Waals surface area contributed by atoms with Crippen molar-refractivity contribution in [2.45, 2.75) is 6.61 Å². The maximum atomic E-state index is 13.0. The number of hydrogen-bond acceptors (Lipinski definition) is 3. The lowest BCUT2D eigenvalue weighted by Crippen LogP contribution is -2.13. The van der Waals surface area contributed by atoms with E-state index in [9.17, 15) is 13.6 Å². The summed E-state index contributed by atoms with van der Waals surface area (Å²) >= 11 is 0. The molecule has 0 aliphatic carbocycles. The average molecular weight is 278 g/mol. The summed E-state index contributed by atoms with van der Waals surface area (Å²) in [5, 5.41) is 0. The molecular formula is C14H12F2N2O2. The second kappa shape index (κ2) is 5.56. The first-order valence-corrected chi connectivity index (χ1v) is 5.73. The molecule has 0 fully saturated rings. The minimum absolute atomic E-state index is 0.113. The molecule has 1 amide bonds. The van der Waals surface area contributed by atoms with Gasteiger partial charge in [-0.15, -0.1) is 0 Å². The van der Waals surface area contributed by atoms with E-state index in [0.29, 0.717) is 11.3 Å². The third-order valence-corrected chi connectivity index (χ3v) is 2.59. The molecule has 0 spiro atoms. The van der Waals surface area contributed by atoms with E-state index >= 15 is 0 Å². The third-order valence-electron chi connectivity index (χ3n) is 2.59. The monoisotopic (exact) mass is 278 g/mol. The number of anilines is 1. The van der Waals surface area contributed by atoms with Gasteiger partial charge in [-0.1, -0.05) is 0 Å². The standard InChI is InChI=1S/C14H12F2N2O2/c15-9-3-8(4-10(16)5-9)7-20-13-6-11(17)1-2-12(13)14(18)19/h1-6H,7,17H2,(H2,18,19). The van der Waals surface area contributed by atoms with Crippen LogP contribution in [-0.2, 0) is 6.61 Å². The summed E-state index contributed by atoms with van der Waals surface area (Å²) in [6, 6.07) is 7.40. The van der Waals surface area contributed by atoms with Crippen molar-refractivity contribution in [3.8, 4) is 5.75 Å². The van der Waals surface area contributed by atoms with Crippen molar-refractivity contribution in [3.63, 3.8) is 0 Å². The quantitative estimate of drug-likeness (QED) is 0.842. The van der Waals surface area contributed by atoms with Gasteiger partial charge in [0.15, 0.2) is 0 Å². The molecule has 104 valence electrons. The molecule has 0 unspecified atom stereocenters. The minimum Gasteiger partial charge on any atom is -0.488 e. The molecule has 4 nitrogen and oxygen atoms in total. The molecule has 0 aromatic heterocycles. The fourth-order valence-corrected chi connectivity index (χ4v) is 1.72. The van der Waals surface area contributed by atoms with Gasteiger partial charge < -0.3 is 16.2 Å². The molecule has 2 aromatic carbocycles. The summed E-state index contributed by atoms with van der Waals surface area (Å²) in [5.74, 6) is -1.91. The largest absolute Gasteiger partial charge is 0.488 e. The van der Waals surface area contributed by atoms with Gasteiger partial charge in [0.25, 0.3) is 5.91 Å². The van der Waals surface area contributed by atoms with Crippen molar-refractivity contribution in [1.29, 1.82) is 0 Å². The Morgan fingerprint density at radius 2 is 1.75 bits per heavy atom. The second-order valence-electron chi connectivity index (χ2n) is 4.19. The number of carbonyl (C=O) groups excluding carboxylic acids is 1. The molecule has 0 heterocycles. The molecule has 2 aromatic rings. The first kappa shape index (κ1) is 13.8. The summed E-state index contributed by atoms with van der Waals surface area (Å²) in [5.41, 5.74) is 11.6. The van der Waals surface area contributed by atoms with Crippen molar-refractivity contribution >= 4 is 11.6 Å². The normalized spacial score (nSPS) is 10.3. The van der Waals surface area contributed by atoms with E-state index in [2.05, 4.69) is 0 Å². The summed E-state index contributed by atoms with van der Waals surface area (Å²) in [6.07, 6.45) is 0. The zero-order chi connectivity index (χ0) is 14.7. The van der Waals surface area contributed by atoms with Crippen LogP contribution in [0, 0.1) is 11.6 Å². The zero-order valence-corrected chi connectivity index (χ0v) is 10.4. The van der Waals surface area contributed by atoms with Crippen LogP contribution in [0.15, 0.2) is 36.4 Å². The van der Waals surface area contributed by atoms with Gasteiger partial charge in [-0.25, -0.2) is 8.78 Å². The number of amides is 1. The van der Waals surface area contributed by atoms with Crippen LogP contribution in [0.5, 0.6) is 5.75 Å². The van der Waals surface area contributed by atoms with E-state index in [1.165, 1.54) is 18.2 Å². The SMILES string of the molecule is NC(=O)c1ccc(N)cc1OCc1cc(F)cc(F)c1. The minimum atomic E-state index is -0.702. The molecule has 4 N–H and O–H groups in total. The van der Waals surface area contributed by atoms with Crippen LogP contribution < -0.4 is 16.2 Å². The van der Waals surface area contributed by atoms with Crippen LogP contribution in [0.25, 0.3) is 0 Å². The maximum absolute atomic E-state index is 13.0. The Bertz CT molecular complexity index is 639. The smallest absolute Gasteiger partial charge is 0.252 e. The average Bonchev–Trinajstić information content (AvgIpc) is 2.35. The fraction of sp³-hybridized carbons (Fsp3) is 0.0714. The van der Waals surface area contributed by atoms with E-state index in [1.807, 2.05) is 0 Å². The summed E-state index contributed by atoms with van der Waals surface area (Å²) < 4.78 is 31.4. The van der Waals surface area contributed by atoms with Crippen molar-refractivity contribution in [2.24, 2.45) is 5.73 Å². The lowest BCUT2D eigenvalue weighted by molar-refractivity contribution is 0.0996. The number of rotatable bonds is 4. The van der Waals surface area contributed by atoms with Gasteiger partial charge in [-0.2, -0.15) is 0 Å². The Morgan fingerprint density at radius 1 is 1.10 bits per heavy atom. The first-order chi connectivity index (χ1) is 9.45. The van der Waals surface area contributed by atoms with Crippen LogP contribution in [0.1, 0.15) is 15.9 Å². The molecule has 0 aliphatic rings. The Labute approximate surface area is 114 Å². The van der Waals surface area contributed by atoms with Crippen molar-refractivity contribution in [2.75, 3.05) is 5.73 Å². The van der Waals surface area contributed by atoms with Gasteiger partial charge in [-0.05, 0) is 29.8 Å². The Morgan fingerprint density at radius 3 is 2.35 bits per heavy atom. The number of hydrogen-bond donors (Lipinski definition) is 2. The molecule has 0 radical (unpaired) electrons. The Hall–Kier alpha value is -2.63. The number of nitrogens with two attached hydrogens (primary N) is 2. The molecular weight excluding hydrogens is 266 g/mol. The van der Waals surface area contributed by atoms with Crippen LogP contribution in [0.3, 0.4) is 0 Å². The van der Waals surface area contributed by atoms with Gasteiger partial charge >= 0.3 is 0 Å². The van der Waals surface area contributed by atoms with Crippen LogP contribution in [-0.4, -0.2) is 5.91 Å². The molecule has 0 bridgehead atoms. The van der Waals surface area contributed by atoms with Crippen molar-refractivity contribution in [3.05, 3.63) is 59.2 Å². The van der Waals surface area contributed by atoms with E-state index in [0.717, 1.165) is 18.2 Å². The number of halogens is 2. The molecule has 2 rings (SSSR count). The van der Waals surface area contributed by atoms with Crippen LogP contribution in [0.2, 0.25) is 0 Å². The first-order valence-electron chi connectivity index (χ1n) is 5.73. The van der Waals surface area contributed by atoms with E-state index in [-0.39, 0.29) is 17.9 Å². The highest BCUT2D eigenvalue weighted by Gasteiger charge is 2.10. The number of nitrogen functional groups attached to an aromatic ring is 1. The summed E-state index contributed by atoms with van der Waals surface area (Å²) in [4.78, 5) is 11.2. The number of ether oxygens (including phenoxy) is 1. The second-order valence-corrected chi connectivity index (χ2v) is 4.19. The Balaban J connectivity index is 2.22. The number of benzene rings is 2. The highest BCUT2D eigenvalue weighted by atomic mass is 19.1. The summed E-state index contributed by atoms with van der Waals surface area (Å²) in [6.45, 7) is -0.113. The maximum Gasteiger partial charge on any atom is 0.252 e. The Kier molecular flexibility index (Phi) is 3.84. The zero-order valence-electron chi connectivity index (χ0n) is 10.4. The molecule has 0 atom stereocenters. The molecule has 0 saturated carbocycles. The predicted molar refractivity (Wildman–Crippen MR) is 70.1 cm³/mol. The topological polar surface area (TPSA) is 78.3 Å². The van der Waals surface area contributed by atoms with E-state index < -0.39 is 17.5 Å². The van der Waals surface area contributed by atoms with Gasteiger partial charge in [0.2, 0.25) is 0 Å². The van der Waals surface area contributed by atoms with E-state index in [1.54, 1.807) is 0 Å². The fourth-order valence-electron chi connectivity index (χ4n) is 1.72. The van der Waals surface area contributed by atoms with Gasteiger partial charge in [0.05, 0.1) is 5.56 Å². The number of carbonyl (C=O) groups is 1. The number of primary amides is 1. The summed E-state index contributed by atoms with van der Waals surface area (Å²) in [7, 11) is 0. The lowest BCUT2D eigenvalue weighted by atomic mass is 10.1. The highest BCUT2D eigenvalue weighted by Crippen LogP contribution is 2.23. The third kappa shape index (κ3) is 3.23. The van der Waals surface area contributed by atoms with E-state index in [4.69, 9.17) is 16.2 Å². The van der Waals surface area contributed by atoms with Crippen molar-refractivity contribution in [1.82, 2.24) is 0 Å². The molecule has 0 saturated heterocycles. The molecule has 20 heavy (non-hydrogen) atoms. The van der Waals surface area contributed by atoms with Gasteiger partial charge in [0, 0.05) is 17.8 Å². The molecule has 0 aliphatic heterocycles. The van der Waals surface area contributed by atoms with Gasteiger partial charge in [-0.3, -0.25) is 4.79 Å². The van der Waals surface area contributed by atoms with Gasteiger partial charge in [0.1, 0.15) is 24.0 Å². The van der Waals surface area contributed by atoms with Crippen LogP contribution >= 0.6 is 0 Å². The van der Waals surface area contributed by atoms with Crippen molar-refractivity contribution < 1.29 is 18.3 Å². The lowest BCUT2D eigenvalue weighted by Gasteiger charge is -2.10. The highest BCUT2D eigenvalue weighted by molar-refractivity contribution is 5.96. The molecule has 6 heteroatoms. The predicted octanol–water partition coefficient (Wildman–Crippen LogP) is 2.22.